The van der Waals surface area contributed by atoms with Gasteiger partial charge in [0.15, 0.2) is 6.61 Å². The van der Waals surface area contributed by atoms with Crippen LogP contribution in [0.4, 0.5) is 11.4 Å². The van der Waals surface area contributed by atoms with Gasteiger partial charge in [0.2, 0.25) is 10.0 Å². The van der Waals surface area contributed by atoms with Crippen LogP contribution in [0, 0.1) is 0 Å². The van der Waals surface area contributed by atoms with E-state index in [0.717, 1.165) is 10.6 Å². The van der Waals surface area contributed by atoms with Crippen molar-refractivity contribution < 1.29 is 22.7 Å². The molecule has 188 valence electrons. The molecule has 12 heteroatoms. The molecule has 2 N–H and O–H groups in total. The van der Waals surface area contributed by atoms with E-state index in [4.69, 9.17) is 16.3 Å². The molecule has 0 aromatic heterocycles. The Hall–Kier alpha value is -3.41. The van der Waals surface area contributed by atoms with Crippen LogP contribution in [-0.2, 0) is 19.6 Å². The largest absolute Gasteiger partial charge is 0.484 e. The van der Waals surface area contributed by atoms with E-state index in [1.807, 2.05) is 0 Å². The second kappa shape index (κ2) is 12.5. The van der Waals surface area contributed by atoms with Gasteiger partial charge in [0.1, 0.15) is 12.3 Å². The Labute approximate surface area is 222 Å². The number of hydrogen-bond acceptors (Lipinski definition) is 6. The predicted octanol–water partition coefficient (Wildman–Crippen LogP) is 4.04. The first-order valence-electron chi connectivity index (χ1n) is 10.4. The first kappa shape index (κ1) is 27.2. The van der Waals surface area contributed by atoms with Crippen LogP contribution >= 0.6 is 27.5 Å². The summed E-state index contributed by atoms with van der Waals surface area (Å²) in [4.78, 5) is 24.3. The monoisotopic (exact) mass is 592 g/mol. The molecule has 0 fully saturated rings. The van der Waals surface area contributed by atoms with Gasteiger partial charge in [-0.3, -0.25) is 13.9 Å². The minimum absolute atomic E-state index is 0.190. The van der Waals surface area contributed by atoms with Crippen LogP contribution in [0.1, 0.15) is 5.56 Å². The van der Waals surface area contributed by atoms with E-state index < -0.39 is 22.5 Å². The van der Waals surface area contributed by atoms with Crippen molar-refractivity contribution in [1.29, 1.82) is 0 Å². The molecule has 0 aliphatic heterocycles. The maximum absolute atomic E-state index is 12.3. The van der Waals surface area contributed by atoms with Crippen LogP contribution in [0.5, 0.6) is 5.75 Å². The summed E-state index contributed by atoms with van der Waals surface area (Å²) in [5.74, 6) is -0.482. The van der Waals surface area contributed by atoms with Gasteiger partial charge < -0.3 is 10.1 Å². The topological polar surface area (TPSA) is 117 Å². The van der Waals surface area contributed by atoms with Crippen molar-refractivity contribution in [3.05, 3.63) is 87.9 Å². The third kappa shape index (κ3) is 8.36. The molecular weight excluding hydrogens is 572 g/mol. The molecule has 0 radical (unpaired) electrons. The highest BCUT2D eigenvalue weighted by molar-refractivity contribution is 9.10. The van der Waals surface area contributed by atoms with Crippen LogP contribution in [0.15, 0.2) is 82.4 Å². The van der Waals surface area contributed by atoms with E-state index in [9.17, 15) is 18.0 Å². The molecule has 0 atom stereocenters. The van der Waals surface area contributed by atoms with Gasteiger partial charge in [-0.2, -0.15) is 5.10 Å². The number of sulfonamides is 1. The fourth-order valence-electron chi connectivity index (χ4n) is 2.94. The van der Waals surface area contributed by atoms with E-state index in [0.29, 0.717) is 32.2 Å². The highest BCUT2D eigenvalue weighted by Gasteiger charge is 2.22. The normalized spacial score (nSPS) is 11.2. The van der Waals surface area contributed by atoms with Gasteiger partial charge in [0, 0.05) is 15.2 Å². The van der Waals surface area contributed by atoms with Gasteiger partial charge in [-0.1, -0.05) is 29.8 Å². The molecule has 0 heterocycles. The number of para-hydroxylation sites is 1. The molecule has 0 unspecified atom stereocenters. The number of rotatable bonds is 10. The standard InChI is InChI=1S/C24H22BrClN4O5S/c1-36(33,34)30(22-8-3-2-7-21(22)25)15-23(31)29-27-14-17-9-11-20(12-10-17)35-16-24(32)28-19-6-4-5-18(26)13-19/h2-14H,15-16H2,1H3,(H,28,32)(H,29,31)/b27-14-. The summed E-state index contributed by atoms with van der Waals surface area (Å²) >= 11 is 9.20. The van der Waals surface area contributed by atoms with Crippen molar-refractivity contribution in [2.45, 2.75) is 0 Å². The zero-order valence-electron chi connectivity index (χ0n) is 19.0. The lowest BCUT2D eigenvalue weighted by Crippen LogP contribution is -2.39. The summed E-state index contributed by atoms with van der Waals surface area (Å²) in [6.45, 7) is -0.632. The molecule has 0 aliphatic carbocycles. The maximum Gasteiger partial charge on any atom is 0.262 e. The number of hydrogen-bond donors (Lipinski definition) is 2. The molecule has 0 saturated carbocycles. The van der Waals surface area contributed by atoms with Crippen LogP contribution in [0.2, 0.25) is 5.02 Å². The SMILES string of the molecule is CS(=O)(=O)N(CC(=O)N/N=C\c1ccc(OCC(=O)Nc2cccc(Cl)c2)cc1)c1ccccc1Br. The van der Waals surface area contributed by atoms with E-state index in [-0.39, 0.29) is 12.5 Å². The summed E-state index contributed by atoms with van der Waals surface area (Å²) in [6, 6.07) is 20.1. The van der Waals surface area contributed by atoms with Crippen molar-refractivity contribution >= 4 is 67.0 Å². The number of nitrogens with one attached hydrogen (secondary N) is 2. The molecule has 3 aromatic rings. The van der Waals surface area contributed by atoms with Gasteiger partial charge >= 0.3 is 0 Å². The number of carbonyl (C=O) groups is 2. The smallest absolute Gasteiger partial charge is 0.262 e. The van der Waals surface area contributed by atoms with Crippen LogP contribution in [-0.4, -0.2) is 45.9 Å². The summed E-state index contributed by atoms with van der Waals surface area (Å²) in [6.07, 6.45) is 2.42. The Morgan fingerprint density at radius 1 is 1.06 bits per heavy atom. The summed E-state index contributed by atoms with van der Waals surface area (Å²) in [5, 5.41) is 7.08. The zero-order valence-corrected chi connectivity index (χ0v) is 22.2. The molecule has 0 spiro atoms. The second-order valence-corrected chi connectivity index (χ2v) is 10.6. The number of benzene rings is 3. The quantitative estimate of drug-likeness (QED) is 0.272. The van der Waals surface area contributed by atoms with Crippen LogP contribution in [0.25, 0.3) is 0 Å². The number of amides is 2. The predicted molar refractivity (Wildman–Crippen MR) is 144 cm³/mol. The number of carbonyl (C=O) groups excluding carboxylic acids is 2. The average molecular weight is 594 g/mol. The molecule has 0 saturated heterocycles. The highest BCUT2D eigenvalue weighted by atomic mass is 79.9. The Morgan fingerprint density at radius 2 is 1.78 bits per heavy atom. The third-order valence-electron chi connectivity index (χ3n) is 4.57. The number of nitrogens with zero attached hydrogens (tertiary/aromatic N) is 2. The van der Waals surface area contributed by atoms with E-state index >= 15 is 0 Å². The van der Waals surface area contributed by atoms with E-state index in [2.05, 4.69) is 31.8 Å². The number of anilines is 2. The Kier molecular flexibility index (Phi) is 9.45. The first-order chi connectivity index (χ1) is 17.1. The summed E-state index contributed by atoms with van der Waals surface area (Å²) < 4.78 is 31.4. The fourth-order valence-corrected chi connectivity index (χ4v) is 4.62. The Bertz CT molecular complexity index is 1370. The Morgan fingerprint density at radius 3 is 2.44 bits per heavy atom. The van der Waals surface area contributed by atoms with Crippen molar-refractivity contribution in [2.75, 3.05) is 29.0 Å². The van der Waals surface area contributed by atoms with Gasteiger partial charge in [-0.25, -0.2) is 13.8 Å². The summed E-state index contributed by atoms with van der Waals surface area (Å²) in [5.41, 5.74) is 3.88. The van der Waals surface area contributed by atoms with E-state index in [1.165, 1.54) is 6.21 Å². The van der Waals surface area contributed by atoms with Crippen molar-refractivity contribution in [3.8, 4) is 5.75 Å². The highest BCUT2D eigenvalue weighted by Crippen LogP contribution is 2.27. The minimum Gasteiger partial charge on any atom is -0.484 e. The maximum atomic E-state index is 12.3. The van der Waals surface area contributed by atoms with Gasteiger partial charge in [-0.05, 0) is 76.1 Å². The molecule has 0 aliphatic rings. The molecule has 0 bridgehead atoms. The van der Waals surface area contributed by atoms with E-state index in [1.54, 1.807) is 72.8 Å². The molecule has 9 nitrogen and oxygen atoms in total. The molecule has 3 aromatic carbocycles. The van der Waals surface area contributed by atoms with Crippen molar-refractivity contribution in [3.63, 3.8) is 0 Å². The first-order valence-corrected chi connectivity index (χ1v) is 13.5. The van der Waals surface area contributed by atoms with Gasteiger partial charge in [-0.15, -0.1) is 0 Å². The lowest BCUT2D eigenvalue weighted by atomic mass is 10.2. The number of ether oxygens (including phenoxy) is 1. The van der Waals surface area contributed by atoms with Crippen molar-refractivity contribution in [1.82, 2.24) is 5.43 Å². The third-order valence-corrected chi connectivity index (χ3v) is 6.60. The number of hydrazone groups is 1. The molecular formula is C24H22BrClN4O5S. The van der Waals surface area contributed by atoms with Gasteiger partial charge in [0.05, 0.1) is 18.2 Å². The summed E-state index contributed by atoms with van der Waals surface area (Å²) in [7, 11) is -3.71. The van der Waals surface area contributed by atoms with Gasteiger partial charge in [0.25, 0.3) is 11.8 Å². The fraction of sp³-hybridized carbons (Fsp3) is 0.125. The minimum atomic E-state index is -3.71. The molecule has 2 amide bonds. The zero-order chi connectivity index (χ0) is 26.1. The van der Waals surface area contributed by atoms with Crippen molar-refractivity contribution in [2.24, 2.45) is 5.10 Å². The van der Waals surface area contributed by atoms with Crippen LogP contribution in [0.3, 0.4) is 0 Å². The molecule has 3 rings (SSSR count). The Balaban J connectivity index is 1.50. The van der Waals surface area contributed by atoms with Crippen LogP contribution < -0.4 is 19.8 Å². The second-order valence-electron chi connectivity index (χ2n) is 7.43. The lowest BCUT2D eigenvalue weighted by molar-refractivity contribution is -0.119. The average Bonchev–Trinajstić information content (AvgIpc) is 2.82. The molecule has 36 heavy (non-hydrogen) atoms. The number of halogens is 2. The lowest BCUT2D eigenvalue weighted by Gasteiger charge is -2.22.